The summed E-state index contributed by atoms with van der Waals surface area (Å²) in [6, 6.07) is 13.4. The van der Waals surface area contributed by atoms with E-state index in [0.29, 0.717) is 11.5 Å². The smallest absolute Gasteiger partial charge is 0.305 e. The molecule has 150 valence electrons. The van der Waals surface area contributed by atoms with E-state index in [2.05, 4.69) is 10.9 Å². The fourth-order valence-corrected chi connectivity index (χ4v) is 2.52. The van der Waals surface area contributed by atoms with Gasteiger partial charge in [0, 0.05) is 12.3 Å². The molecule has 8 nitrogen and oxygen atoms in total. The Labute approximate surface area is 167 Å². The first-order valence-corrected chi connectivity index (χ1v) is 8.96. The van der Waals surface area contributed by atoms with Crippen LogP contribution in [-0.2, 0) is 11.3 Å². The first-order chi connectivity index (χ1) is 13.9. The number of carbonyl (C=O) groups excluding carboxylic acids is 2. The molecule has 2 heterocycles. The van der Waals surface area contributed by atoms with E-state index in [1.54, 1.807) is 30.5 Å². The highest BCUT2D eigenvalue weighted by Gasteiger charge is 2.13. The number of hydrazine groups is 1. The second kappa shape index (κ2) is 8.92. The molecule has 29 heavy (non-hydrogen) atoms. The van der Waals surface area contributed by atoms with Crippen molar-refractivity contribution < 1.29 is 18.7 Å². The molecule has 8 heteroatoms. The van der Waals surface area contributed by atoms with Gasteiger partial charge in [-0.05, 0) is 55.3 Å². The van der Waals surface area contributed by atoms with Crippen LogP contribution in [0.4, 0.5) is 0 Å². The predicted molar refractivity (Wildman–Crippen MR) is 106 cm³/mol. The number of rotatable bonds is 6. The van der Waals surface area contributed by atoms with E-state index >= 15 is 0 Å². The number of aromatic nitrogens is 1. The summed E-state index contributed by atoms with van der Waals surface area (Å²) in [5, 5.41) is 0. The van der Waals surface area contributed by atoms with Gasteiger partial charge >= 0.3 is 5.91 Å². The van der Waals surface area contributed by atoms with Crippen LogP contribution in [0, 0.1) is 13.8 Å². The fourth-order valence-electron chi connectivity index (χ4n) is 2.52. The Kier molecular flexibility index (Phi) is 6.13. The molecule has 2 N–H and O–H groups in total. The normalized spacial score (nSPS) is 10.4. The van der Waals surface area contributed by atoms with Crippen molar-refractivity contribution in [2.75, 3.05) is 6.61 Å². The average molecular weight is 395 g/mol. The molecule has 0 aliphatic carbocycles. The van der Waals surface area contributed by atoms with Crippen molar-refractivity contribution in [2.24, 2.45) is 0 Å². The molecule has 0 unspecified atom stereocenters. The zero-order valence-corrected chi connectivity index (χ0v) is 16.1. The minimum atomic E-state index is -0.615. The molecule has 3 rings (SSSR count). The summed E-state index contributed by atoms with van der Waals surface area (Å²) in [5.74, 6) is -0.107. The lowest BCUT2D eigenvalue weighted by molar-refractivity contribution is -0.123. The van der Waals surface area contributed by atoms with Crippen LogP contribution in [0.15, 0.2) is 63.9 Å². The number of benzene rings is 1. The topological polar surface area (TPSA) is 103 Å². The van der Waals surface area contributed by atoms with Gasteiger partial charge in [0.1, 0.15) is 11.5 Å². The van der Waals surface area contributed by atoms with Crippen molar-refractivity contribution in [3.05, 3.63) is 87.7 Å². The number of carbonyl (C=O) groups is 2. The van der Waals surface area contributed by atoms with Crippen LogP contribution in [-0.4, -0.2) is 23.0 Å². The minimum absolute atomic E-state index is 0.0133. The maximum atomic E-state index is 12.1. The monoisotopic (exact) mass is 395 g/mol. The molecule has 0 spiro atoms. The number of amides is 2. The van der Waals surface area contributed by atoms with Crippen LogP contribution in [0.2, 0.25) is 0 Å². The third kappa shape index (κ3) is 5.35. The number of furan rings is 1. The lowest BCUT2D eigenvalue weighted by Crippen LogP contribution is -2.43. The molecule has 0 atom stereocenters. The van der Waals surface area contributed by atoms with E-state index in [1.807, 2.05) is 26.0 Å². The maximum Gasteiger partial charge on any atom is 0.305 e. The van der Waals surface area contributed by atoms with Gasteiger partial charge in [-0.25, -0.2) is 0 Å². The molecule has 0 fully saturated rings. The number of pyridine rings is 1. The Balaban J connectivity index is 1.48. The Morgan fingerprint density at radius 1 is 1.03 bits per heavy atom. The van der Waals surface area contributed by atoms with Crippen molar-refractivity contribution in [1.29, 1.82) is 0 Å². The number of nitrogens with one attached hydrogen (secondary N) is 2. The number of hydrogen-bond acceptors (Lipinski definition) is 5. The molecule has 0 saturated heterocycles. The zero-order chi connectivity index (χ0) is 20.8. The van der Waals surface area contributed by atoms with Crippen LogP contribution < -0.4 is 21.1 Å². The van der Waals surface area contributed by atoms with Crippen LogP contribution in [0.5, 0.6) is 5.75 Å². The third-order valence-electron chi connectivity index (χ3n) is 4.27. The summed E-state index contributed by atoms with van der Waals surface area (Å²) in [7, 11) is 0. The number of nitrogens with zero attached hydrogens (tertiary/aromatic N) is 1. The highest BCUT2D eigenvalue weighted by molar-refractivity contribution is 5.93. The van der Waals surface area contributed by atoms with Crippen LogP contribution in [0.3, 0.4) is 0 Å². The summed E-state index contributed by atoms with van der Waals surface area (Å²) >= 11 is 0. The quantitative estimate of drug-likeness (QED) is 0.621. The number of aryl methyl sites for hydroxylation is 2. The molecule has 2 amide bonds. The highest BCUT2D eigenvalue weighted by atomic mass is 16.5. The van der Waals surface area contributed by atoms with Gasteiger partial charge in [-0.2, -0.15) is 0 Å². The van der Waals surface area contributed by atoms with Crippen LogP contribution >= 0.6 is 0 Å². The predicted octanol–water partition coefficient (Wildman–Crippen LogP) is 1.95. The molecule has 0 aliphatic heterocycles. The van der Waals surface area contributed by atoms with Gasteiger partial charge in [0.2, 0.25) is 0 Å². The largest absolute Gasteiger partial charge is 0.484 e. The first kappa shape index (κ1) is 19.9. The van der Waals surface area contributed by atoms with Crippen molar-refractivity contribution in [3.8, 4) is 5.75 Å². The third-order valence-corrected chi connectivity index (χ3v) is 4.27. The van der Waals surface area contributed by atoms with Crippen molar-refractivity contribution in [3.63, 3.8) is 0 Å². The van der Waals surface area contributed by atoms with E-state index in [-0.39, 0.29) is 24.5 Å². The number of hydrogen-bond donors (Lipinski definition) is 2. The lowest BCUT2D eigenvalue weighted by atomic mass is 10.1. The molecular formula is C21H21N3O5. The van der Waals surface area contributed by atoms with Crippen molar-refractivity contribution in [1.82, 2.24) is 15.4 Å². The van der Waals surface area contributed by atoms with Gasteiger partial charge in [0.05, 0.1) is 6.54 Å². The molecular weight excluding hydrogens is 374 g/mol. The van der Waals surface area contributed by atoms with Gasteiger partial charge in [-0.15, -0.1) is 0 Å². The SMILES string of the molecule is Cc1ccc(OCC(=O)NNC(=O)c2ccc(Cn3ccccc3=O)o2)cc1C. The molecule has 3 aromatic rings. The molecule has 0 radical (unpaired) electrons. The summed E-state index contributed by atoms with van der Waals surface area (Å²) in [6.45, 7) is 3.89. The summed E-state index contributed by atoms with van der Waals surface area (Å²) in [4.78, 5) is 35.7. The van der Waals surface area contributed by atoms with E-state index in [1.165, 1.54) is 16.7 Å². The molecule has 0 bridgehead atoms. The van der Waals surface area contributed by atoms with E-state index in [4.69, 9.17) is 9.15 Å². The molecule has 1 aromatic carbocycles. The summed E-state index contributed by atoms with van der Waals surface area (Å²) < 4.78 is 12.3. The second-order valence-electron chi connectivity index (χ2n) is 6.47. The van der Waals surface area contributed by atoms with Gasteiger partial charge in [-0.1, -0.05) is 12.1 Å². The van der Waals surface area contributed by atoms with Crippen LogP contribution in [0.25, 0.3) is 0 Å². The van der Waals surface area contributed by atoms with Crippen molar-refractivity contribution >= 4 is 11.8 Å². The van der Waals surface area contributed by atoms with Crippen LogP contribution in [0.1, 0.15) is 27.4 Å². The Bertz CT molecular complexity index is 1080. The van der Waals surface area contributed by atoms with Crippen molar-refractivity contribution in [2.45, 2.75) is 20.4 Å². The fraction of sp³-hybridized carbons (Fsp3) is 0.190. The van der Waals surface area contributed by atoms with Gasteiger partial charge in [-0.3, -0.25) is 25.2 Å². The first-order valence-electron chi connectivity index (χ1n) is 8.96. The van der Waals surface area contributed by atoms with E-state index in [0.717, 1.165) is 11.1 Å². The summed E-state index contributed by atoms with van der Waals surface area (Å²) in [5.41, 5.74) is 6.54. The second-order valence-corrected chi connectivity index (χ2v) is 6.47. The van der Waals surface area contributed by atoms with E-state index in [9.17, 15) is 14.4 Å². The number of ether oxygens (including phenoxy) is 1. The standard InChI is InChI=1S/C21H21N3O5/c1-14-6-7-16(11-15(14)2)28-13-19(25)22-23-21(27)18-9-8-17(29-18)12-24-10-4-3-5-20(24)26/h3-11H,12-13H2,1-2H3,(H,22,25)(H,23,27). The van der Waals surface area contributed by atoms with E-state index < -0.39 is 11.8 Å². The molecule has 0 aliphatic rings. The van der Waals surface area contributed by atoms with Gasteiger partial charge in [0.15, 0.2) is 12.4 Å². The van der Waals surface area contributed by atoms with Gasteiger partial charge in [0.25, 0.3) is 11.5 Å². The molecule has 2 aromatic heterocycles. The minimum Gasteiger partial charge on any atom is -0.484 e. The zero-order valence-electron chi connectivity index (χ0n) is 16.1. The maximum absolute atomic E-state index is 12.1. The Morgan fingerprint density at radius 3 is 2.62 bits per heavy atom. The Morgan fingerprint density at radius 2 is 1.86 bits per heavy atom. The lowest BCUT2D eigenvalue weighted by Gasteiger charge is -2.09. The molecule has 0 saturated carbocycles. The average Bonchev–Trinajstić information content (AvgIpc) is 3.17. The highest BCUT2D eigenvalue weighted by Crippen LogP contribution is 2.16. The van der Waals surface area contributed by atoms with Gasteiger partial charge < -0.3 is 13.7 Å². The Hall–Kier alpha value is -3.81. The summed E-state index contributed by atoms with van der Waals surface area (Å²) in [6.07, 6.45) is 1.63.